The van der Waals surface area contributed by atoms with Crippen molar-refractivity contribution in [2.24, 2.45) is 5.10 Å². The smallest absolute Gasteiger partial charge is 0.300 e. The third kappa shape index (κ3) is 17.7. The van der Waals surface area contributed by atoms with Crippen LogP contribution in [0, 0.1) is 0 Å². The first-order valence-corrected chi connectivity index (χ1v) is 3.40. The summed E-state index contributed by atoms with van der Waals surface area (Å²) in [5.74, 6) is -0.833. The first-order chi connectivity index (χ1) is 4.73. The van der Waals surface area contributed by atoms with Crippen LogP contribution in [0.2, 0.25) is 0 Å². The minimum atomic E-state index is -0.833. The zero-order valence-electron chi connectivity index (χ0n) is 5.94. The summed E-state index contributed by atoms with van der Waals surface area (Å²) in [5.41, 5.74) is 0. The maximum absolute atomic E-state index is 9.00. The standard InChI is InChI=1S/C3H4N2S.C2H4O2.H2S/c1-2-4-5-6-3-1;1-2(3)4;/h1-3,5H;1H3,(H,3,4);1H2. The SMILES string of the molecule is C1=CSNN=C1.CC(=O)O.S. The molecule has 0 fully saturated rings. The summed E-state index contributed by atoms with van der Waals surface area (Å²) >= 11 is 1.47. The maximum atomic E-state index is 9.00. The molecule has 1 rings (SSSR count). The Morgan fingerprint density at radius 2 is 2.27 bits per heavy atom. The number of allylic oxidation sites excluding steroid dienone is 1. The van der Waals surface area contributed by atoms with Crippen molar-refractivity contribution in [2.75, 3.05) is 0 Å². The fourth-order valence-electron chi connectivity index (χ4n) is 0.209. The quantitative estimate of drug-likeness (QED) is 0.563. The van der Waals surface area contributed by atoms with Crippen LogP contribution in [0.4, 0.5) is 0 Å². The van der Waals surface area contributed by atoms with E-state index >= 15 is 0 Å². The van der Waals surface area contributed by atoms with Crippen molar-refractivity contribution >= 4 is 37.6 Å². The van der Waals surface area contributed by atoms with Crippen molar-refractivity contribution in [3.8, 4) is 0 Å². The molecule has 4 nitrogen and oxygen atoms in total. The molecule has 11 heavy (non-hydrogen) atoms. The Morgan fingerprint density at radius 3 is 2.36 bits per heavy atom. The highest BCUT2D eigenvalue weighted by molar-refractivity contribution is 8.00. The summed E-state index contributed by atoms with van der Waals surface area (Å²) in [6, 6.07) is 0. The molecule has 0 aromatic carbocycles. The van der Waals surface area contributed by atoms with Crippen molar-refractivity contribution < 1.29 is 9.90 Å². The van der Waals surface area contributed by atoms with Crippen LogP contribution in [0.15, 0.2) is 16.6 Å². The molecule has 1 aliphatic rings. The number of hydrazone groups is 1. The molecular weight excluding hydrogens is 184 g/mol. The van der Waals surface area contributed by atoms with E-state index in [4.69, 9.17) is 9.90 Å². The van der Waals surface area contributed by atoms with Crippen LogP contribution in [-0.4, -0.2) is 17.3 Å². The second kappa shape index (κ2) is 9.38. The number of aliphatic carboxylic acids is 1. The summed E-state index contributed by atoms with van der Waals surface area (Å²) < 4.78 is 0. The van der Waals surface area contributed by atoms with Gasteiger partial charge in [-0.25, -0.2) is 4.83 Å². The molecule has 0 aromatic rings. The average Bonchev–Trinajstić information content (AvgIpc) is 1.90. The molecule has 64 valence electrons. The van der Waals surface area contributed by atoms with Gasteiger partial charge in [0.15, 0.2) is 0 Å². The summed E-state index contributed by atoms with van der Waals surface area (Å²) in [7, 11) is 0. The normalized spacial score (nSPS) is 11.7. The van der Waals surface area contributed by atoms with E-state index in [-0.39, 0.29) is 13.5 Å². The highest BCUT2D eigenvalue weighted by Gasteiger charge is 1.75. The maximum Gasteiger partial charge on any atom is 0.300 e. The lowest BCUT2D eigenvalue weighted by Gasteiger charge is -1.92. The Bertz CT molecular complexity index is 143. The van der Waals surface area contributed by atoms with Crippen molar-refractivity contribution in [3.63, 3.8) is 0 Å². The average molecular weight is 194 g/mol. The molecule has 0 saturated heterocycles. The Labute approximate surface area is 76.3 Å². The Kier molecular flexibility index (Phi) is 11.1. The molecule has 0 unspecified atom stereocenters. The first kappa shape index (κ1) is 13.0. The van der Waals surface area contributed by atoms with Crippen LogP contribution in [0.25, 0.3) is 0 Å². The van der Waals surface area contributed by atoms with Gasteiger partial charge >= 0.3 is 0 Å². The van der Waals surface area contributed by atoms with Crippen LogP contribution in [0.1, 0.15) is 6.92 Å². The zero-order valence-corrected chi connectivity index (χ0v) is 7.76. The van der Waals surface area contributed by atoms with Crippen molar-refractivity contribution in [1.82, 2.24) is 4.83 Å². The molecule has 0 saturated carbocycles. The van der Waals surface area contributed by atoms with Gasteiger partial charge in [0.2, 0.25) is 0 Å². The highest BCUT2D eigenvalue weighted by Crippen LogP contribution is 1.95. The van der Waals surface area contributed by atoms with Crippen LogP contribution in [0.5, 0.6) is 0 Å². The van der Waals surface area contributed by atoms with Crippen molar-refractivity contribution in [1.29, 1.82) is 0 Å². The number of hydrogen-bond donors (Lipinski definition) is 2. The fourth-order valence-corrected chi connectivity index (χ4v) is 0.540. The lowest BCUT2D eigenvalue weighted by molar-refractivity contribution is -0.134. The highest BCUT2D eigenvalue weighted by atomic mass is 32.2. The Morgan fingerprint density at radius 1 is 1.73 bits per heavy atom. The Balaban J connectivity index is 0. The lowest BCUT2D eigenvalue weighted by Crippen LogP contribution is -1.91. The van der Waals surface area contributed by atoms with Gasteiger partial charge in [-0.15, -0.1) is 0 Å². The summed E-state index contributed by atoms with van der Waals surface area (Å²) in [6.45, 7) is 1.08. The predicted molar refractivity (Wildman–Crippen MR) is 52.0 cm³/mol. The van der Waals surface area contributed by atoms with Crippen LogP contribution < -0.4 is 4.83 Å². The van der Waals surface area contributed by atoms with Gasteiger partial charge in [0.1, 0.15) is 0 Å². The van der Waals surface area contributed by atoms with E-state index in [2.05, 4.69) is 9.93 Å². The third-order valence-electron chi connectivity index (χ3n) is 0.413. The van der Waals surface area contributed by atoms with E-state index < -0.39 is 5.97 Å². The van der Waals surface area contributed by atoms with Gasteiger partial charge in [-0.05, 0) is 23.4 Å². The minimum absolute atomic E-state index is 0. The van der Waals surface area contributed by atoms with Gasteiger partial charge in [0, 0.05) is 13.1 Å². The molecule has 0 radical (unpaired) electrons. The van der Waals surface area contributed by atoms with E-state index in [0.29, 0.717) is 0 Å². The van der Waals surface area contributed by atoms with Crippen LogP contribution in [0.3, 0.4) is 0 Å². The van der Waals surface area contributed by atoms with E-state index in [1.807, 2.05) is 11.5 Å². The largest absolute Gasteiger partial charge is 0.481 e. The molecule has 0 bridgehead atoms. The minimum Gasteiger partial charge on any atom is -0.481 e. The monoisotopic (exact) mass is 194 g/mol. The van der Waals surface area contributed by atoms with Gasteiger partial charge in [0.05, 0.1) is 0 Å². The molecule has 0 atom stereocenters. The zero-order chi connectivity index (χ0) is 7.82. The molecule has 6 heteroatoms. The molecule has 1 aliphatic heterocycles. The second-order valence-electron chi connectivity index (χ2n) is 1.33. The van der Waals surface area contributed by atoms with Crippen LogP contribution >= 0.6 is 25.4 Å². The van der Waals surface area contributed by atoms with E-state index in [9.17, 15) is 0 Å². The van der Waals surface area contributed by atoms with E-state index in [1.54, 1.807) is 6.21 Å². The topological polar surface area (TPSA) is 61.7 Å². The molecule has 0 aliphatic carbocycles. The molecule has 2 N–H and O–H groups in total. The number of carboxylic acids is 1. The predicted octanol–water partition coefficient (Wildman–Crippen LogP) is 0.941. The number of nitrogens with zero attached hydrogens (tertiary/aromatic N) is 1. The van der Waals surface area contributed by atoms with Gasteiger partial charge in [0.25, 0.3) is 5.97 Å². The van der Waals surface area contributed by atoms with Crippen LogP contribution in [-0.2, 0) is 4.79 Å². The molecule has 1 heterocycles. The van der Waals surface area contributed by atoms with E-state index in [0.717, 1.165) is 6.92 Å². The Hall–Kier alpha value is -0.620. The van der Waals surface area contributed by atoms with E-state index in [1.165, 1.54) is 11.9 Å². The second-order valence-corrected chi connectivity index (χ2v) is 2.03. The molecular formula is C5H10N2O2S2. The molecule has 0 spiro atoms. The van der Waals surface area contributed by atoms with Gasteiger partial charge in [-0.3, -0.25) is 4.79 Å². The van der Waals surface area contributed by atoms with Crippen molar-refractivity contribution in [3.05, 3.63) is 11.5 Å². The first-order valence-electron chi connectivity index (χ1n) is 2.52. The number of nitrogens with one attached hydrogen (secondary N) is 1. The summed E-state index contributed by atoms with van der Waals surface area (Å²) in [6.07, 6.45) is 3.58. The van der Waals surface area contributed by atoms with Gasteiger partial charge in [-0.1, -0.05) is 0 Å². The summed E-state index contributed by atoms with van der Waals surface area (Å²) in [4.78, 5) is 11.7. The molecule has 0 amide bonds. The van der Waals surface area contributed by atoms with Gasteiger partial charge < -0.3 is 5.11 Å². The third-order valence-corrected chi connectivity index (χ3v) is 0.917. The lowest BCUT2D eigenvalue weighted by atomic mass is 10.7. The summed E-state index contributed by atoms with van der Waals surface area (Å²) in [5, 5.41) is 13.0. The number of hydrogen-bond acceptors (Lipinski definition) is 4. The fraction of sp³-hybridized carbons (Fsp3) is 0.200. The number of rotatable bonds is 0. The number of carbonyl (C=O) groups is 1. The van der Waals surface area contributed by atoms with Gasteiger partial charge in [-0.2, -0.15) is 18.6 Å². The molecule has 0 aromatic heterocycles. The number of carboxylic acid groups (broad SMARTS) is 1. The van der Waals surface area contributed by atoms with Crippen molar-refractivity contribution in [2.45, 2.75) is 6.92 Å².